The Labute approximate surface area is 77.2 Å². The molecule has 0 aliphatic heterocycles. The Bertz CT molecular complexity index is 267. The van der Waals surface area contributed by atoms with Crippen molar-refractivity contribution in [1.29, 1.82) is 0 Å². The van der Waals surface area contributed by atoms with Gasteiger partial charge >= 0.3 is 0 Å². The minimum atomic E-state index is -0.702. The van der Waals surface area contributed by atoms with Gasteiger partial charge in [0.25, 0.3) is 0 Å². The van der Waals surface area contributed by atoms with Gasteiger partial charge in [0, 0.05) is 18.8 Å². The Kier molecular flexibility index (Phi) is 2.70. The van der Waals surface area contributed by atoms with Crippen molar-refractivity contribution in [3.63, 3.8) is 0 Å². The highest BCUT2D eigenvalue weighted by Gasteiger charge is 2.13. The second kappa shape index (κ2) is 3.42. The fourth-order valence-corrected chi connectivity index (χ4v) is 1.25. The van der Waals surface area contributed by atoms with Crippen molar-refractivity contribution in [1.82, 2.24) is 4.98 Å². The van der Waals surface area contributed by atoms with Crippen LogP contribution in [0.2, 0.25) is 5.02 Å². The van der Waals surface area contributed by atoms with Crippen LogP contribution >= 0.6 is 11.6 Å². The first-order chi connectivity index (χ1) is 5.47. The summed E-state index contributed by atoms with van der Waals surface area (Å²) in [4.78, 5) is 3.93. The molecule has 1 aromatic rings. The van der Waals surface area contributed by atoms with E-state index in [1.807, 2.05) is 6.07 Å². The van der Waals surface area contributed by atoms with Crippen LogP contribution in [0.3, 0.4) is 0 Å². The van der Waals surface area contributed by atoms with Crippen LogP contribution in [0, 0.1) is 0 Å². The van der Waals surface area contributed by atoms with Crippen molar-refractivity contribution in [3.8, 4) is 0 Å². The maximum atomic E-state index is 9.49. The fourth-order valence-electron chi connectivity index (χ4n) is 1.05. The van der Waals surface area contributed by atoms with Gasteiger partial charge < -0.3 is 5.11 Å². The van der Waals surface area contributed by atoms with Crippen LogP contribution < -0.4 is 0 Å². The molecule has 0 unspecified atom stereocenters. The van der Waals surface area contributed by atoms with Crippen molar-refractivity contribution >= 4 is 11.6 Å². The number of halogens is 1. The molecule has 0 amide bonds. The van der Waals surface area contributed by atoms with Crippen molar-refractivity contribution in [3.05, 3.63) is 29.0 Å². The van der Waals surface area contributed by atoms with Crippen molar-refractivity contribution in [2.75, 3.05) is 0 Å². The van der Waals surface area contributed by atoms with Gasteiger partial charge in [0.05, 0.1) is 10.6 Å². The molecule has 0 spiro atoms. The normalized spacial score (nSPS) is 11.7. The topological polar surface area (TPSA) is 33.1 Å². The summed E-state index contributed by atoms with van der Waals surface area (Å²) in [6.07, 6.45) is 3.86. The minimum Gasteiger partial charge on any atom is -0.390 e. The average molecular weight is 186 g/mol. The van der Waals surface area contributed by atoms with E-state index in [0.717, 1.165) is 5.56 Å². The second-order valence-electron chi connectivity index (χ2n) is 3.50. The molecule has 0 fully saturated rings. The summed E-state index contributed by atoms with van der Waals surface area (Å²) in [6, 6.07) is 1.81. The molecule has 1 heterocycles. The molecule has 2 nitrogen and oxygen atoms in total. The maximum Gasteiger partial charge on any atom is 0.0632 e. The Morgan fingerprint density at radius 1 is 1.50 bits per heavy atom. The van der Waals surface area contributed by atoms with Crippen molar-refractivity contribution in [2.45, 2.75) is 25.9 Å². The minimum absolute atomic E-state index is 0.570. The fraction of sp³-hybridized carbons (Fsp3) is 0.444. The molecule has 0 aliphatic carbocycles. The third-order valence-corrected chi connectivity index (χ3v) is 1.60. The summed E-state index contributed by atoms with van der Waals surface area (Å²) >= 11 is 5.73. The Morgan fingerprint density at radius 2 is 2.17 bits per heavy atom. The van der Waals surface area contributed by atoms with E-state index in [2.05, 4.69) is 4.98 Å². The van der Waals surface area contributed by atoms with E-state index in [1.165, 1.54) is 0 Å². The first-order valence-corrected chi connectivity index (χ1v) is 4.17. The number of rotatable bonds is 2. The van der Waals surface area contributed by atoms with Gasteiger partial charge in [-0.05, 0) is 25.5 Å². The molecule has 1 rings (SSSR count). The molecule has 0 aromatic carbocycles. The van der Waals surface area contributed by atoms with Gasteiger partial charge in [-0.15, -0.1) is 0 Å². The van der Waals surface area contributed by atoms with Gasteiger partial charge in [-0.25, -0.2) is 0 Å². The van der Waals surface area contributed by atoms with Crippen LogP contribution in [0.15, 0.2) is 18.5 Å². The standard InChI is InChI=1S/C9H12ClNO/c1-9(2,12)4-7-3-8(10)6-11-5-7/h3,5-6,12H,4H2,1-2H3. The maximum absolute atomic E-state index is 9.49. The van der Waals surface area contributed by atoms with Gasteiger partial charge in [-0.3, -0.25) is 4.98 Å². The number of pyridine rings is 1. The molecule has 1 aromatic heterocycles. The van der Waals surface area contributed by atoms with Gasteiger partial charge in [0.15, 0.2) is 0 Å². The van der Waals surface area contributed by atoms with Crippen LogP contribution in [-0.4, -0.2) is 15.7 Å². The SMILES string of the molecule is CC(C)(O)Cc1cncc(Cl)c1. The van der Waals surface area contributed by atoms with Crippen LogP contribution in [0.1, 0.15) is 19.4 Å². The van der Waals surface area contributed by atoms with E-state index in [0.29, 0.717) is 11.4 Å². The quantitative estimate of drug-likeness (QED) is 0.765. The Hall–Kier alpha value is -0.600. The highest BCUT2D eigenvalue weighted by Crippen LogP contribution is 2.14. The van der Waals surface area contributed by atoms with E-state index in [4.69, 9.17) is 11.6 Å². The molecule has 0 radical (unpaired) electrons. The highest BCUT2D eigenvalue weighted by molar-refractivity contribution is 6.30. The molecule has 3 heteroatoms. The third kappa shape index (κ3) is 3.20. The Balaban J connectivity index is 2.77. The second-order valence-corrected chi connectivity index (χ2v) is 3.94. The lowest BCUT2D eigenvalue weighted by Gasteiger charge is -2.16. The van der Waals surface area contributed by atoms with Crippen LogP contribution in [-0.2, 0) is 6.42 Å². The number of aliphatic hydroxyl groups is 1. The molecular formula is C9H12ClNO. The first kappa shape index (κ1) is 9.49. The molecule has 0 saturated carbocycles. The molecule has 0 atom stereocenters. The van der Waals surface area contributed by atoms with Crippen molar-refractivity contribution < 1.29 is 5.11 Å². The summed E-state index contributed by atoms with van der Waals surface area (Å²) in [7, 11) is 0. The lowest BCUT2D eigenvalue weighted by atomic mass is 10.0. The smallest absolute Gasteiger partial charge is 0.0632 e. The van der Waals surface area contributed by atoms with E-state index in [-0.39, 0.29) is 0 Å². The highest BCUT2D eigenvalue weighted by atomic mass is 35.5. The molecule has 66 valence electrons. The van der Waals surface area contributed by atoms with Gasteiger partial charge in [-0.1, -0.05) is 11.6 Å². The molecule has 0 bridgehead atoms. The predicted molar refractivity (Wildman–Crippen MR) is 49.2 cm³/mol. The molecule has 12 heavy (non-hydrogen) atoms. The average Bonchev–Trinajstić information content (AvgIpc) is 1.82. The van der Waals surface area contributed by atoms with Gasteiger partial charge in [0.2, 0.25) is 0 Å². The zero-order valence-electron chi connectivity index (χ0n) is 7.21. The van der Waals surface area contributed by atoms with E-state index in [1.54, 1.807) is 26.2 Å². The molecule has 0 aliphatic rings. The summed E-state index contributed by atoms with van der Waals surface area (Å²) in [5, 5.41) is 10.1. The lowest BCUT2D eigenvalue weighted by molar-refractivity contribution is 0.0809. The molecule has 1 N–H and O–H groups in total. The third-order valence-electron chi connectivity index (χ3n) is 1.40. The van der Waals surface area contributed by atoms with Gasteiger partial charge in [0.1, 0.15) is 0 Å². The zero-order valence-corrected chi connectivity index (χ0v) is 7.97. The first-order valence-electron chi connectivity index (χ1n) is 3.79. The monoisotopic (exact) mass is 185 g/mol. The number of aromatic nitrogens is 1. The summed E-state index contributed by atoms with van der Waals surface area (Å²) in [5.41, 5.74) is 0.252. The Morgan fingerprint density at radius 3 is 2.67 bits per heavy atom. The zero-order chi connectivity index (χ0) is 9.19. The summed E-state index contributed by atoms with van der Waals surface area (Å²) < 4.78 is 0. The van der Waals surface area contributed by atoms with E-state index >= 15 is 0 Å². The van der Waals surface area contributed by atoms with Crippen LogP contribution in [0.25, 0.3) is 0 Å². The predicted octanol–water partition coefficient (Wildman–Crippen LogP) is 2.05. The van der Waals surface area contributed by atoms with E-state index in [9.17, 15) is 5.11 Å². The number of nitrogens with zero attached hydrogens (tertiary/aromatic N) is 1. The number of hydrogen-bond acceptors (Lipinski definition) is 2. The summed E-state index contributed by atoms with van der Waals surface area (Å²) in [6.45, 7) is 3.52. The van der Waals surface area contributed by atoms with Crippen molar-refractivity contribution in [2.24, 2.45) is 0 Å². The van der Waals surface area contributed by atoms with E-state index < -0.39 is 5.60 Å². The van der Waals surface area contributed by atoms with Crippen LogP contribution in [0.5, 0.6) is 0 Å². The van der Waals surface area contributed by atoms with Crippen LogP contribution in [0.4, 0.5) is 0 Å². The number of hydrogen-bond donors (Lipinski definition) is 1. The molecular weight excluding hydrogens is 174 g/mol. The largest absolute Gasteiger partial charge is 0.390 e. The lowest BCUT2D eigenvalue weighted by Crippen LogP contribution is -2.21. The molecule has 0 saturated heterocycles. The van der Waals surface area contributed by atoms with Gasteiger partial charge in [-0.2, -0.15) is 0 Å². The summed E-state index contributed by atoms with van der Waals surface area (Å²) in [5.74, 6) is 0.